The number of benzene rings is 3. The number of anilines is 2. The van der Waals surface area contributed by atoms with Crippen molar-refractivity contribution in [3.63, 3.8) is 0 Å². The molecule has 0 spiro atoms. The lowest BCUT2D eigenvalue weighted by Crippen LogP contribution is -2.60. The summed E-state index contributed by atoms with van der Waals surface area (Å²) in [6.07, 6.45) is -0.0808. The zero-order valence-corrected chi connectivity index (χ0v) is 20.2. The van der Waals surface area contributed by atoms with Crippen molar-refractivity contribution in [3.8, 4) is 0 Å². The highest BCUT2D eigenvalue weighted by Gasteiger charge is 2.35. The number of hydrogen-bond donors (Lipinski definition) is 2. The Morgan fingerprint density at radius 2 is 1.58 bits per heavy atom. The molecule has 8 nitrogen and oxygen atoms in total. The number of nitrogens with one attached hydrogen (secondary N) is 2. The van der Waals surface area contributed by atoms with Crippen molar-refractivity contribution in [1.29, 1.82) is 0 Å². The van der Waals surface area contributed by atoms with Crippen LogP contribution in [0.4, 0.5) is 11.4 Å². The zero-order valence-electron chi connectivity index (χ0n) is 20.2. The lowest BCUT2D eigenvalue weighted by atomic mass is 10.1. The SMILES string of the molecule is O=C(C[C@H]1C(=O)NCCN1C(=O)CN1CCN(c2ccccc2)CC1)Nc1cccc2ccccc12. The average molecular weight is 486 g/mol. The largest absolute Gasteiger partial charge is 0.369 e. The minimum absolute atomic E-state index is 0.0808. The maximum Gasteiger partial charge on any atom is 0.243 e. The van der Waals surface area contributed by atoms with Crippen LogP contribution in [0.1, 0.15) is 6.42 Å². The summed E-state index contributed by atoms with van der Waals surface area (Å²) < 4.78 is 0. The van der Waals surface area contributed by atoms with Crippen molar-refractivity contribution in [2.75, 3.05) is 56.0 Å². The number of hydrogen-bond acceptors (Lipinski definition) is 5. The molecule has 0 aromatic heterocycles. The summed E-state index contributed by atoms with van der Waals surface area (Å²) in [4.78, 5) is 44.9. The molecule has 2 aliphatic heterocycles. The second kappa shape index (κ2) is 10.8. The van der Waals surface area contributed by atoms with Crippen molar-refractivity contribution in [3.05, 3.63) is 72.8 Å². The van der Waals surface area contributed by atoms with Gasteiger partial charge in [-0.2, -0.15) is 0 Å². The number of piperazine rings is 2. The van der Waals surface area contributed by atoms with Crippen molar-refractivity contribution < 1.29 is 14.4 Å². The summed E-state index contributed by atoms with van der Waals surface area (Å²) in [6.45, 7) is 4.27. The number of nitrogens with zero attached hydrogens (tertiary/aromatic N) is 3. The topological polar surface area (TPSA) is 85.0 Å². The van der Waals surface area contributed by atoms with E-state index in [1.807, 2.05) is 60.7 Å². The maximum absolute atomic E-state index is 13.2. The van der Waals surface area contributed by atoms with Crippen molar-refractivity contribution in [2.24, 2.45) is 0 Å². The van der Waals surface area contributed by atoms with E-state index in [0.29, 0.717) is 18.8 Å². The van der Waals surface area contributed by atoms with Crippen LogP contribution in [0.3, 0.4) is 0 Å². The molecule has 2 heterocycles. The highest BCUT2D eigenvalue weighted by Crippen LogP contribution is 2.23. The predicted molar refractivity (Wildman–Crippen MR) is 141 cm³/mol. The van der Waals surface area contributed by atoms with Crippen LogP contribution >= 0.6 is 0 Å². The van der Waals surface area contributed by atoms with E-state index in [1.54, 1.807) is 4.90 Å². The molecule has 8 heteroatoms. The number of carbonyl (C=O) groups excluding carboxylic acids is 3. The molecule has 186 valence electrons. The Bertz CT molecular complexity index is 1230. The molecule has 1 atom stereocenters. The Morgan fingerprint density at radius 3 is 2.39 bits per heavy atom. The highest BCUT2D eigenvalue weighted by atomic mass is 16.2. The van der Waals surface area contributed by atoms with E-state index in [1.165, 1.54) is 5.69 Å². The Labute approximate surface area is 210 Å². The molecule has 0 bridgehead atoms. The molecule has 36 heavy (non-hydrogen) atoms. The van der Waals surface area contributed by atoms with E-state index in [9.17, 15) is 14.4 Å². The van der Waals surface area contributed by atoms with Gasteiger partial charge >= 0.3 is 0 Å². The lowest BCUT2D eigenvalue weighted by molar-refractivity contribution is -0.145. The van der Waals surface area contributed by atoms with Crippen molar-refractivity contribution in [2.45, 2.75) is 12.5 Å². The molecule has 2 fully saturated rings. The fourth-order valence-corrected chi connectivity index (χ4v) is 5.01. The third-order valence-corrected chi connectivity index (χ3v) is 6.95. The lowest BCUT2D eigenvalue weighted by Gasteiger charge is -2.39. The van der Waals surface area contributed by atoms with Gasteiger partial charge in [-0.05, 0) is 23.6 Å². The first-order valence-corrected chi connectivity index (χ1v) is 12.5. The molecule has 3 amide bonds. The summed E-state index contributed by atoms with van der Waals surface area (Å²) >= 11 is 0. The van der Waals surface area contributed by atoms with Gasteiger partial charge in [0.05, 0.1) is 13.0 Å². The molecule has 3 aromatic carbocycles. The molecule has 5 rings (SSSR count). The van der Waals surface area contributed by atoms with Gasteiger partial charge in [0.15, 0.2) is 0 Å². The van der Waals surface area contributed by atoms with Crippen LogP contribution in [0.15, 0.2) is 72.8 Å². The highest BCUT2D eigenvalue weighted by molar-refractivity contribution is 6.04. The molecular formula is C28H31N5O3. The van der Waals surface area contributed by atoms with Gasteiger partial charge in [-0.25, -0.2) is 0 Å². The van der Waals surface area contributed by atoms with E-state index >= 15 is 0 Å². The van der Waals surface area contributed by atoms with Crippen LogP contribution in [0.25, 0.3) is 10.8 Å². The first kappa shape index (κ1) is 23.8. The minimum Gasteiger partial charge on any atom is -0.369 e. The normalized spacial score (nSPS) is 18.7. The van der Waals surface area contributed by atoms with Gasteiger partial charge in [-0.15, -0.1) is 0 Å². The Balaban J connectivity index is 1.20. The molecule has 2 N–H and O–H groups in total. The van der Waals surface area contributed by atoms with Crippen LogP contribution in [-0.2, 0) is 14.4 Å². The second-order valence-electron chi connectivity index (χ2n) is 9.27. The molecule has 3 aromatic rings. The molecule has 0 unspecified atom stereocenters. The average Bonchev–Trinajstić information content (AvgIpc) is 2.91. The first-order chi connectivity index (χ1) is 17.6. The van der Waals surface area contributed by atoms with Crippen molar-refractivity contribution >= 4 is 39.9 Å². The van der Waals surface area contributed by atoms with E-state index in [0.717, 1.165) is 37.0 Å². The molecule has 0 radical (unpaired) electrons. The van der Waals surface area contributed by atoms with Gasteiger partial charge in [0.25, 0.3) is 0 Å². The van der Waals surface area contributed by atoms with Crippen LogP contribution in [0, 0.1) is 0 Å². The summed E-state index contributed by atoms with van der Waals surface area (Å²) in [7, 11) is 0. The quantitative estimate of drug-likeness (QED) is 0.560. The van der Waals surface area contributed by atoms with Gasteiger partial charge in [0.2, 0.25) is 17.7 Å². The fraction of sp³-hybridized carbons (Fsp3) is 0.321. The van der Waals surface area contributed by atoms with Crippen LogP contribution in [0.2, 0.25) is 0 Å². The van der Waals surface area contributed by atoms with Gasteiger partial charge in [0.1, 0.15) is 6.04 Å². The smallest absolute Gasteiger partial charge is 0.243 e. The van der Waals surface area contributed by atoms with Crippen LogP contribution in [0.5, 0.6) is 0 Å². The van der Waals surface area contributed by atoms with Gasteiger partial charge in [-0.3, -0.25) is 19.3 Å². The monoisotopic (exact) mass is 485 g/mol. The molecule has 0 aliphatic carbocycles. The Hall–Kier alpha value is -3.91. The van der Waals surface area contributed by atoms with Gasteiger partial charge in [-0.1, -0.05) is 54.6 Å². The van der Waals surface area contributed by atoms with E-state index in [2.05, 4.69) is 32.6 Å². The molecule has 0 saturated carbocycles. The first-order valence-electron chi connectivity index (χ1n) is 12.5. The number of rotatable bonds is 6. The second-order valence-corrected chi connectivity index (χ2v) is 9.27. The fourth-order valence-electron chi connectivity index (χ4n) is 5.01. The van der Waals surface area contributed by atoms with Crippen LogP contribution < -0.4 is 15.5 Å². The molecule has 2 saturated heterocycles. The minimum atomic E-state index is -0.813. The summed E-state index contributed by atoms with van der Waals surface area (Å²) in [5.74, 6) is -0.680. The van der Waals surface area contributed by atoms with Crippen molar-refractivity contribution in [1.82, 2.24) is 15.1 Å². The number of carbonyl (C=O) groups is 3. The zero-order chi connectivity index (χ0) is 24.9. The van der Waals surface area contributed by atoms with E-state index in [4.69, 9.17) is 0 Å². The Kier molecular flexibility index (Phi) is 7.13. The van der Waals surface area contributed by atoms with Gasteiger partial charge < -0.3 is 20.4 Å². The number of fused-ring (bicyclic) bond motifs is 1. The molecule has 2 aliphatic rings. The maximum atomic E-state index is 13.2. The third kappa shape index (κ3) is 5.33. The summed E-state index contributed by atoms with van der Waals surface area (Å²) in [5.41, 5.74) is 1.89. The molecular weight excluding hydrogens is 454 g/mol. The number of para-hydroxylation sites is 1. The van der Waals surface area contributed by atoms with Crippen LogP contribution in [-0.4, -0.2) is 79.4 Å². The van der Waals surface area contributed by atoms with Gasteiger partial charge in [0, 0.05) is 56.0 Å². The number of amides is 3. The predicted octanol–water partition coefficient (Wildman–Crippen LogP) is 2.32. The summed E-state index contributed by atoms with van der Waals surface area (Å²) in [5, 5.41) is 7.71. The Morgan fingerprint density at radius 1 is 0.861 bits per heavy atom. The third-order valence-electron chi connectivity index (χ3n) is 6.95. The summed E-state index contributed by atoms with van der Waals surface area (Å²) in [6, 6.07) is 23.0. The van der Waals surface area contributed by atoms with E-state index < -0.39 is 6.04 Å². The van der Waals surface area contributed by atoms with E-state index in [-0.39, 0.29) is 30.7 Å². The standard InChI is InChI=1S/C28H31N5O3/c34-26(30-24-12-6-8-21-7-4-5-11-23(21)24)19-25-28(36)29-13-14-33(25)27(35)20-31-15-17-32(18-16-31)22-9-2-1-3-10-22/h1-12,25H,13-20H2,(H,29,36)(H,30,34)/t25-/m0/s1.